The number of benzene rings is 2. The van der Waals surface area contributed by atoms with Crippen molar-refractivity contribution in [2.75, 3.05) is 10.6 Å². The number of carbonyl (C=O) groups is 2. The first-order valence-corrected chi connectivity index (χ1v) is 11.4. The van der Waals surface area contributed by atoms with Crippen molar-refractivity contribution < 1.29 is 14.7 Å². The lowest BCUT2D eigenvalue weighted by molar-refractivity contribution is -0.136. The summed E-state index contributed by atoms with van der Waals surface area (Å²) < 4.78 is 0.943. The standard InChI is InChI=1S/C25H18N6O3S/c32-21(33)12-15-3-5-16(6-4-15)19-13-35-24-22(26-14-27-23(19)24)17-7-9-18(10-8-17)29-25(34)30-20-2-1-11-28-31-20/h1-11,13-14H,12H2,(H,32,33)(H2,29,30,31,34). The maximum absolute atomic E-state index is 12.2. The highest BCUT2D eigenvalue weighted by Gasteiger charge is 2.14. The predicted molar refractivity (Wildman–Crippen MR) is 134 cm³/mol. The smallest absolute Gasteiger partial charge is 0.324 e. The lowest BCUT2D eigenvalue weighted by Crippen LogP contribution is -2.20. The zero-order chi connectivity index (χ0) is 24.2. The van der Waals surface area contributed by atoms with Crippen LogP contribution < -0.4 is 10.6 Å². The van der Waals surface area contributed by atoms with Crippen molar-refractivity contribution in [3.05, 3.63) is 84.1 Å². The predicted octanol–water partition coefficient (Wildman–Crippen LogP) is 5.09. The van der Waals surface area contributed by atoms with Gasteiger partial charge in [0.2, 0.25) is 0 Å². The Morgan fingerprint density at radius 2 is 1.69 bits per heavy atom. The number of nitrogens with one attached hydrogen (secondary N) is 2. The van der Waals surface area contributed by atoms with E-state index in [-0.39, 0.29) is 6.42 Å². The number of rotatable bonds is 6. The van der Waals surface area contributed by atoms with Gasteiger partial charge >= 0.3 is 12.0 Å². The summed E-state index contributed by atoms with van der Waals surface area (Å²) >= 11 is 1.55. The van der Waals surface area contributed by atoms with Crippen molar-refractivity contribution in [3.63, 3.8) is 0 Å². The molecular formula is C25H18N6O3S. The van der Waals surface area contributed by atoms with Gasteiger partial charge in [-0.25, -0.2) is 14.8 Å². The van der Waals surface area contributed by atoms with Gasteiger partial charge in [0.05, 0.1) is 22.3 Å². The van der Waals surface area contributed by atoms with Crippen LogP contribution in [-0.2, 0) is 11.2 Å². The van der Waals surface area contributed by atoms with Crippen molar-refractivity contribution in [1.82, 2.24) is 20.2 Å². The minimum absolute atomic E-state index is 0.0101. The number of aromatic nitrogens is 4. The summed E-state index contributed by atoms with van der Waals surface area (Å²) in [6.07, 6.45) is 3.05. The Labute approximate surface area is 203 Å². The molecule has 0 radical (unpaired) electrons. The molecule has 3 aromatic heterocycles. The van der Waals surface area contributed by atoms with Gasteiger partial charge in [-0.2, -0.15) is 5.10 Å². The van der Waals surface area contributed by atoms with E-state index in [9.17, 15) is 9.59 Å². The Bertz CT molecular complexity index is 1500. The van der Waals surface area contributed by atoms with E-state index in [1.54, 1.807) is 35.6 Å². The van der Waals surface area contributed by atoms with Crippen molar-refractivity contribution in [3.8, 4) is 22.4 Å². The summed E-state index contributed by atoms with van der Waals surface area (Å²) in [6, 6.07) is 17.8. The molecule has 3 heterocycles. The lowest BCUT2D eigenvalue weighted by Gasteiger charge is -2.08. The molecule has 0 saturated heterocycles. The number of fused-ring (bicyclic) bond motifs is 1. The van der Waals surface area contributed by atoms with Crippen molar-refractivity contribution in [2.24, 2.45) is 0 Å². The molecule has 9 nitrogen and oxygen atoms in total. The third kappa shape index (κ3) is 4.97. The third-order valence-electron chi connectivity index (χ3n) is 5.20. The summed E-state index contributed by atoms with van der Waals surface area (Å²) in [4.78, 5) is 32.1. The molecule has 0 saturated carbocycles. The van der Waals surface area contributed by atoms with Crippen LogP contribution in [0, 0.1) is 0 Å². The number of anilines is 2. The fraction of sp³-hybridized carbons (Fsp3) is 0.0400. The summed E-state index contributed by atoms with van der Waals surface area (Å²) in [5, 5.41) is 23.9. The van der Waals surface area contributed by atoms with Crippen molar-refractivity contribution >= 4 is 45.1 Å². The molecule has 0 spiro atoms. The van der Waals surface area contributed by atoms with E-state index >= 15 is 0 Å². The molecule has 5 rings (SSSR count). The second-order valence-corrected chi connectivity index (χ2v) is 8.46. The largest absolute Gasteiger partial charge is 0.481 e. The van der Waals surface area contributed by atoms with E-state index in [2.05, 4.69) is 30.8 Å². The third-order valence-corrected chi connectivity index (χ3v) is 6.18. The first-order valence-electron chi connectivity index (χ1n) is 10.6. The molecule has 2 aromatic carbocycles. The molecule has 172 valence electrons. The second kappa shape index (κ2) is 9.65. The molecule has 0 fully saturated rings. The summed E-state index contributed by atoms with van der Waals surface area (Å²) in [6.45, 7) is 0. The molecule has 0 aliphatic heterocycles. The van der Waals surface area contributed by atoms with Crippen LogP contribution in [0.5, 0.6) is 0 Å². The molecule has 2 amide bonds. The average molecular weight is 483 g/mol. The highest BCUT2D eigenvalue weighted by atomic mass is 32.1. The van der Waals surface area contributed by atoms with Gasteiger partial charge in [0.15, 0.2) is 5.82 Å². The number of hydrogen-bond donors (Lipinski definition) is 3. The maximum atomic E-state index is 12.2. The monoisotopic (exact) mass is 482 g/mol. The zero-order valence-electron chi connectivity index (χ0n) is 18.2. The Morgan fingerprint density at radius 3 is 2.40 bits per heavy atom. The van der Waals surface area contributed by atoms with Crippen LogP contribution in [0.15, 0.2) is 78.6 Å². The molecule has 0 aliphatic rings. The highest BCUT2D eigenvalue weighted by Crippen LogP contribution is 2.37. The fourth-order valence-corrected chi connectivity index (χ4v) is 4.64. The Morgan fingerprint density at radius 1 is 0.914 bits per heavy atom. The first kappa shape index (κ1) is 22.1. The number of amides is 2. The molecule has 5 aromatic rings. The van der Waals surface area contributed by atoms with Crippen LogP contribution in [0.4, 0.5) is 16.3 Å². The molecule has 35 heavy (non-hydrogen) atoms. The number of carbonyl (C=O) groups excluding carboxylic acids is 1. The molecule has 0 bridgehead atoms. The minimum atomic E-state index is -0.858. The Balaban J connectivity index is 1.36. The van der Waals surface area contributed by atoms with Gasteiger partial charge in [-0.3, -0.25) is 10.1 Å². The SMILES string of the molecule is O=C(O)Cc1ccc(-c2csc3c(-c4ccc(NC(=O)Nc5cccnn5)cc4)ncnc23)cc1. The van der Waals surface area contributed by atoms with Gasteiger partial charge < -0.3 is 10.4 Å². The fourth-order valence-electron chi connectivity index (χ4n) is 3.60. The van der Waals surface area contributed by atoms with Crippen LogP contribution in [0.3, 0.4) is 0 Å². The van der Waals surface area contributed by atoms with Crippen LogP contribution in [0.1, 0.15) is 5.56 Å². The highest BCUT2D eigenvalue weighted by molar-refractivity contribution is 7.18. The van der Waals surface area contributed by atoms with Gasteiger partial charge in [-0.1, -0.05) is 36.4 Å². The van der Waals surface area contributed by atoms with E-state index < -0.39 is 12.0 Å². The molecule has 0 atom stereocenters. The Kier molecular flexibility index (Phi) is 6.10. The molecular weight excluding hydrogens is 464 g/mol. The van der Waals surface area contributed by atoms with Crippen molar-refractivity contribution in [1.29, 1.82) is 0 Å². The summed E-state index contributed by atoms with van der Waals surface area (Å²) in [5.74, 6) is -0.501. The molecule has 10 heteroatoms. The maximum Gasteiger partial charge on any atom is 0.324 e. The lowest BCUT2D eigenvalue weighted by atomic mass is 10.0. The van der Waals surface area contributed by atoms with Crippen LogP contribution in [0.2, 0.25) is 0 Å². The van der Waals surface area contributed by atoms with E-state index in [1.807, 2.05) is 41.8 Å². The number of carboxylic acids is 1. The van der Waals surface area contributed by atoms with E-state index in [4.69, 9.17) is 5.11 Å². The zero-order valence-corrected chi connectivity index (χ0v) is 19.0. The first-order chi connectivity index (χ1) is 17.1. The molecule has 3 N–H and O–H groups in total. The quantitative estimate of drug-likeness (QED) is 0.307. The van der Waals surface area contributed by atoms with Crippen LogP contribution in [0.25, 0.3) is 32.6 Å². The van der Waals surface area contributed by atoms with Crippen LogP contribution in [-0.4, -0.2) is 37.3 Å². The Hall–Kier alpha value is -4.70. The number of aliphatic carboxylic acids is 1. The normalized spacial score (nSPS) is 10.7. The topological polar surface area (TPSA) is 130 Å². The second-order valence-electron chi connectivity index (χ2n) is 7.58. The summed E-state index contributed by atoms with van der Waals surface area (Å²) in [5.41, 5.74) is 5.81. The van der Waals surface area contributed by atoms with Crippen molar-refractivity contribution in [2.45, 2.75) is 6.42 Å². The number of urea groups is 1. The number of hydrogen-bond acceptors (Lipinski definition) is 7. The van der Waals surface area contributed by atoms with Crippen LogP contribution >= 0.6 is 11.3 Å². The average Bonchev–Trinajstić information content (AvgIpc) is 3.30. The molecule has 0 aliphatic carbocycles. The molecule has 0 unspecified atom stereocenters. The number of thiophene rings is 1. The van der Waals surface area contributed by atoms with E-state index in [0.29, 0.717) is 11.5 Å². The minimum Gasteiger partial charge on any atom is -0.481 e. The number of carboxylic acid groups (broad SMARTS) is 1. The number of nitrogens with zero attached hydrogens (tertiary/aromatic N) is 4. The van der Waals surface area contributed by atoms with E-state index in [0.717, 1.165) is 38.2 Å². The van der Waals surface area contributed by atoms with E-state index in [1.165, 1.54) is 12.5 Å². The van der Waals surface area contributed by atoms with Gasteiger partial charge in [-0.05, 0) is 35.4 Å². The van der Waals surface area contributed by atoms with Gasteiger partial charge in [0, 0.05) is 28.4 Å². The summed E-state index contributed by atoms with van der Waals surface area (Å²) in [7, 11) is 0. The van der Waals surface area contributed by atoms with Gasteiger partial charge in [0.25, 0.3) is 0 Å². The van der Waals surface area contributed by atoms with Gasteiger partial charge in [-0.15, -0.1) is 16.4 Å². The van der Waals surface area contributed by atoms with Gasteiger partial charge in [0.1, 0.15) is 6.33 Å².